The Morgan fingerprint density at radius 3 is 2.45 bits per heavy atom. The van der Waals surface area contributed by atoms with Crippen molar-refractivity contribution in [2.75, 3.05) is 17.2 Å². The van der Waals surface area contributed by atoms with Crippen LogP contribution >= 0.6 is 11.6 Å². The molecule has 0 aliphatic rings. The number of nitrogen functional groups attached to an aromatic ring is 1. The van der Waals surface area contributed by atoms with E-state index in [9.17, 15) is 14.4 Å². The van der Waals surface area contributed by atoms with Crippen LogP contribution in [0.25, 0.3) is 5.69 Å². The van der Waals surface area contributed by atoms with Crippen LogP contribution in [0.1, 0.15) is 43.6 Å². The van der Waals surface area contributed by atoms with E-state index >= 15 is 0 Å². The van der Waals surface area contributed by atoms with Crippen LogP contribution in [0.4, 0.5) is 11.5 Å². The molecule has 0 bridgehead atoms. The Labute approximate surface area is 196 Å². The molecule has 0 spiro atoms. The summed E-state index contributed by atoms with van der Waals surface area (Å²) in [5, 5.41) is 5.20. The number of aryl methyl sites for hydroxylation is 1. The van der Waals surface area contributed by atoms with Gasteiger partial charge < -0.3 is 10.6 Å². The minimum atomic E-state index is -0.675. The highest BCUT2D eigenvalue weighted by Gasteiger charge is 2.25. The van der Waals surface area contributed by atoms with Crippen molar-refractivity contribution in [3.63, 3.8) is 0 Å². The fourth-order valence-corrected chi connectivity index (χ4v) is 3.97. The Morgan fingerprint density at radius 1 is 1.18 bits per heavy atom. The number of anilines is 2. The van der Waals surface area contributed by atoms with Crippen LogP contribution in [0.2, 0.25) is 5.02 Å². The maximum Gasteiger partial charge on any atom is 0.330 e. The SMILES string of the molecule is CCCCn1c(N)c(N(CC)C(=O)Cc2c(C)nn(-c3ccc(Cl)cc3)c2C)c(=O)[nH]c1=O. The van der Waals surface area contributed by atoms with E-state index in [-0.39, 0.29) is 30.4 Å². The molecule has 10 heteroatoms. The number of rotatable bonds is 8. The molecule has 0 radical (unpaired) electrons. The van der Waals surface area contributed by atoms with Gasteiger partial charge in [-0.3, -0.25) is 19.1 Å². The van der Waals surface area contributed by atoms with Crippen molar-refractivity contribution in [2.45, 2.75) is 53.5 Å². The number of aromatic amines is 1. The summed E-state index contributed by atoms with van der Waals surface area (Å²) < 4.78 is 3.07. The Bertz CT molecular complexity index is 1270. The third kappa shape index (κ3) is 4.88. The van der Waals surface area contributed by atoms with Crippen molar-refractivity contribution in [3.8, 4) is 5.69 Å². The molecule has 0 aliphatic carbocycles. The number of hydrogen-bond acceptors (Lipinski definition) is 5. The molecule has 2 aromatic heterocycles. The number of nitrogens with zero attached hydrogens (tertiary/aromatic N) is 4. The molecular weight excluding hydrogens is 444 g/mol. The molecule has 3 rings (SSSR count). The Hall–Kier alpha value is -3.33. The number of aromatic nitrogens is 4. The molecule has 3 N–H and O–H groups in total. The van der Waals surface area contributed by atoms with Crippen LogP contribution in [0, 0.1) is 13.8 Å². The van der Waals surface area contributed by atoms with Crippen molar-refractivity contribution in [1.82, 2.24) is 19.3 Å². The van der Waals surface area contributed by atoms with Gasteiger partial charge in [0.15, 0.2) is 5.69 Å². The van der Waals surface area contributed by atoms with Gasteiger partial charge in [0.05, 0.1) is 17.8 Å². The van der Waals surface area contributed by atoms with E-state index in [2.05, 4.69) is 10.1 Å². The Balaban J connectivity index is 1.97. The molecule has 176 valence electrons. The van der Waals surface area contributed by atoms with Crippen LogP contribution < -0.4 is 21.9 Å². The number of amides is 1. The lowest BCUT2D eigenvalue weighted by molar-refractivity contribution is -0.118. The van der Waals surface area contributed by atoms with Gasteiger partial charge in [0.1, 0.15) is 5.82 Å². The standard InChI is InChI=1S/C23H29ClN6O3/c1-5-7-12-29-21(25)20(22(32)26-23(29)33)28(6-2)19(31)13-18-14(3)27-30(15(18)4)17-10-8-16(24)9-11-17/h8-11H,5-7,12-13,25H2,1-4H3,(H,26,32,33). The summed E-state index contributed by atoms with van der Waals surface area (Å²) in [6, 6.07) is 7.26. The number of likely N-dealkylation sites (N-methyl/N-ethyl adjacent to an activating group) is 1. The van der Waals surface area contributed by atoms with E-state index in [0.29, 0.717) is 17.3 Å². The second-order valence-electron chi connectivity index (χ2n) is 7.85. The molecule has 33 heavy (non-hydrogen) atoms. The van der Waals surface area contributed by atoms with Gasteiger partial charge in [-0.25, -0.2) is 9.48 Å². The van der Waals surface area contributed by atoms with Gasteiger partial charge in [-0.2, -0.15) is 5.10 Å². The highest BCUT2D eigenvalue weighted by Crippen LogP contribution is 2.23. The molecule has 3 aromatic rings. The molecule has 0 atom stereocenters. The second kappa shape index (κ2) is 10.1. The number of nitrogens with two attached hydrogens (primary N) is 1. The highest BCUT2D eigenvalue weighted by atomic mass is 35.5. The summed E-state index contributed by atoms with van der Waals surface area (Å²) in [6.07, 6.45) is 1.61. The highest BCUT2D eigenvalue weighted by molar-refractivity contribution is 6.30. The smallest absolute Gasteiger partial charge is 0.330 e. The topological polar surface area (TPSA) is 119 Å². The molecule has 9 nitrogen and oxygen atoms in total. The van der Waals surface area contributed by atoms with Crippen molar-refractivity contribution < 1.29 is 4.79 Å². The van der Waals surface area contributed by atoms with Crippen LogP contribution in [0.3, 0.4) is 0 Å². The summed E-state index contributed by atoms with van der Waals surface area (Å²) in [7, 11) is 0. The first kappa shape index (κ1) is 24.3. The fourth-order valence-electron chi connectivity index (χ4n) is 3.85. The van der Waals surface area contributed by atoms with Crippen LogP contribution in [0.15, 0.2) is 33.9 Å². The first-order valence-electron chi connectivity index (χ1n) is 10.9. The van der Waals surface area contributed by atoms with Gasteiger partial charge in [-0.15, -0.1) is 0 Å². The number of halogens is 1. The zero-order valence-corrected chi connectivity index (χ0v) is 20.1. The zero-order valence-electron chi connectivity index (χ0n) is 19.3. The van der Waals surface area contributed by atoms with Gasteiger partial charge in [0, 0.05) is 29.4 Å². The number of nitrogens with one attached hydrogen (secondary N) is 1. The molecule has 0 aliphatic heterocycles. The summed E-state index contributed by atoms with van der Waals surface area (Å²) >= 11 is 5.99. The molecule has 0 unspecified atom stereocenters. The molecular formula is C23H29ClN6O3. The molecule has 2 heterocycles. The Kier molecular flexibility index (Phi) is 7.43. The second-order valence-corrected chi connectivity index (χ2v) is 8.29. The van der Waals surface area contributed by atoms with Crippen molar-refractivity contribution in [1.29, 1.82) is 0 Å². The Morgan fingerprint density at radius 2 is 1.85 bits per heavy atom. The number of carbonyl (C=O) groups excluding carboxylic acids is 1. The fraction of sp³-hybridized carbons (Fsp3) is 0.391. The lowest BCUT2D eigenvalue weighted by Crippen LogP contribution is -2.41. The maximum atomic E-state index is 13.3. The molecule has 0 saturated heterocycles. The van der Waals surface area contributed by atoms with Crippen molar-refractivity contribution in [3.05, 3.63) is 67.1 Å². The first-order valence-corrected chi connectivity index (χ1v) is 11.3. The van der Waals surface area contributed by atoms with Gasteiger partial charge in [-0.05, 0) is 51.5 Å². The number of H-pyrrole nitrogens is 1. The summed E-state index contributed by atoms with van der Waals surface area (Å²) in [4.78, 5) is 41.8. The minimum absolute atomic E-state index is 0.00129. The minimum Gasteiger partial charge on any atom is -0.383 e. The first-order chi connectivity index (χ1) is 15.7. The van der Waals surface area contributed by atoms with Gasteiger partial charge in [0.25, 0.3) is 5.56 Å². The van der Waals surface area contributed by atoms with Crippen molar-refractivity contribution >= 4 is 29.0 Å². The van der Waals surface area contributed by atoms with E-state index in [1.807, 2.05) is 32.9 Å². The van der Waals surface area contributed by atoms with Crippen LogP contribution in [-0.2, 0) is 17.8 Å². The van der Waals surface area contributed by atoms with Crippen molar-refractivity contribution in [2.24, 2.45) is 0 Å². The number of unbranched alkanes of at least 4 members (excludes halogenated alkanes) is 1. The lowest BCUT2D eigenvalue weighted by Gasteiger charge is -2.23. The number of carbonyl (C=O) groups is 1. The summed E-state index contributed by atoms with van der Waals surface area (Å²) in [5.74, 6) is -0.310. The maximum absolute atomic E-state index is 13.3. The third-order valence-electron chi connectivity index (χ3n) is 5.68. The monoisotopic (exact) mass is 472 g/mol. The number of benzene rings is 1. The quantitative estimate of drug-likeness (QED) is 0.522. The molecule has 0 saturated carbocycles. The predicted octanol–water partition coefficient (Wildman–Crippen LogP) is 2.97. The van der Waals surface area contributed by atoms with E-state index in [0.717, 1.165) is 29.8 Å². The lowest BCUT2D eigenvalue weighted by atomic mass is 10.1. The third-order valence-corrected chi connectivity index (χ3v) is 5.93. The van der Waals surface area contributed by atoms with E-state index in [4.69, 9.17) is 17.3 Å². The van der Waals surface area contributed by atoms with Crippen LogP contribution in [0.5, 0.6) is 0 Å². The van der Waals surface area contributed by atoms with Gasteiger partial charge in [-0.1, -0.05) is 24.9 Å². The average Bonchev–Trinajstić information content (AvgIpc) is 3.05. The normalized spacial score (nSPS) is 11.1. The van der Waals surface area contributed by atoms with Crippen LogP contribution in [-0.4, -0.2) is 31.8 Å². The summed E-state index contributed by atoms with van der Waals surface area (Å²) in [6.45, 7) is 8.06. The largest absolute Gasteiger partial charge is 0.383 e. The number of hydrogen-bond donors (Lipinski definition) is 2. The van der Waals surface area contributed by atoms with E-state index < -0.39 is 11.2 Å². The van der Waals surface area contributed by atoms with E-state index in [1.54, 1.807) is 23.7 Å². The summed E-state index contributed by atoms with van der Waals surface area (Å²) in [5.41, 5.74) is 8.07. The predicted molar refractivity (Wildman–Crippen MR) is 130 cm³/mol. The average molecular weight is 473 g/mol. The van der Waals surface area contributed by atoms with E-state index in [1.165, 1.54) is 9.47 Å². The van der Waals surface area contributed by atoms with Gasteiger partial charge >= 0.3 is 5.69 Å². The van der Waals surface area contributed by atoms with Gasteiger partial charge in [0.2, 0.25) is 5.91 Å². The molecule has 1 amide bonds. The zero-order chi connectivity index (χ0) is 24.3. The molecule has 1 aromatic carbocycles. The molecule has 0 fully saturated rings.